The maximum atomic E-state index is 5.96. The Bertz CT molecular complexity index is 425. The zero-order valence-corrected chi connectivity index (χ0v) is 8.03. The quantitative estimate of drug-likeness (QED) is 0.701. The Labute approximate surface area is 84.3 Å². The molecule has 1 aromatic rings. The van der Waals surface area contributed by atoms with E-state index in [4.69, 9.17) is 5.73 Å². The number of allylic oxidation sites excluding steroid dienone is 5. The molecule has 0 radical (unpaired) electrons. The molecule has 0 spiro atoms. The highest BCUT2D eigenvalue weighted by atomic mass is 14.6. The van der Waals surface area contributed by atoms with Crippen molar-refractivity contribution in [3.05, 3.63) is 65.9 Å². The first-order valence-electron chi connectivity index (χ1n) is 4.69. The molecule has 1 heteroatoms. The lowest BCUT2D eigenvalue weighted by molar-refractivity contribution is 1.16. The first kappa shape index (κ1) is 8.82. The van der Waals surface area contributed by atoms with Crippen LogP contribution >= 0.6 is 0 Å². The molecule has 0 bridgehead atoms. The van der Waals surface area contributed by atoms with Gasteiger partial charge in [0.2, 0.25) is 0 Å². The summed E-state index contributed by atoms with van der Waals surface area (Å²) in [5, 5.41) is 0. The minimum atomic E-state index is 0.868. The molecule has 0 saturated carbocycles. The van der Waals surface area contributed by atoms with Gasteiger partial charge in [-0.05, 0) is 11.1 Å². The van der Waals surface area contributed by atoms with Gasteiger partial charge < -0.3 is 5.73 Å². The lowest BCUT2D eigenvalue weighted by Gasteiger charge is -1.99. The molecule has 1 aliphatic carbocycles. The van der Waals surface area contributed by atoms with Crippen molar-refractivity contribution < 1.29 is 0 Å². The maximum Gasteiger partial charge on any atom is 0.0205 e. The second-order valence-corrected chi connectivity index (χ2v) is 3.37. The standard InChI is InChI=1S/C13H13N/c1-2-3-7-12-11-8-5-4-6-10(11)9-13(12)14/h2-8H,1,9,14H2/b7-3-. The van der Waals surface area contributed by atoms with Crippen LogP contribution in [0.5, 0.6) is 0 Å². The SMILES string of the molecule is C=C/C=C\C1=C(N)Cc2ccccc21. The zero-order chi connectivity index (χ0) is 9.97. The van der Waals surface area contributed by atoms with E-state index in [2.05, 4.69) is 18.7 Å². The van der Waals surface area contributed by atoms with Crippen molar-refractivity contribution in [3.8, 4) is 0 Å². The molecular formula is C13H13N. The molecule has 0 amide bonds. The highest BCUT2D eigenvalue weighted by molar-refractivity contribution is 5.82. The average Bonchev–Trinajstić information content (AvgIpc) is 2.51. The molecule has 0 unspecified atom stereocenters. The van der Waals surface area contributed by atoms with E-state index in [1.165, 1.54) is 11.1 Å². The van der Waals surface area contributed by atoms with Crippen LogP contribution in [-0.2, 0) is 6.42 Å². The van der Waals surface area contributed by atoms with E-state index >= 15 is 0 Å². The summed E-state index contributed by atoms with van der Waals surface area (Å²) in [6, 6.07) is 8.32. The van der Waals surface area contributed by atoms with Gasteiger partial charge in [-0.25, -0.2) is 0 Å². The van der Waals surface area contributed by atoms with Crippen molar-refractivity contribution >= 4 is 5.57 Å². The van der Waals surface area contributed by atoms with Crippen molar-refractivity contribution in [3.63, 3.8) is 0 Å². The van der Waals surface area contributed by atoms with Crippen LogP contribution in [0.15, 0.2) is 54.8 Å². The first-order chi connectivity index (χ1) is 6.83. The summed E-state index contributed by atoms with van der Waals surface area (Å²) in [5.74, 6) is 0. The van der Waals surface area contributed by atoms with Gasteiger partial charge in [-0.1, -0.05) is 49.1 Å². The van der Waals surface area contributed by atoms with Gasteiger partial charge in [0, 0.05) is 17.7 Å². The van der Waals surface area contributed by atoms with Gasteiger partial charge >= 0.3 is 0 Å². The van der Waals surface area contributed by atoms with Crippen LogP contribution in [-0.4, -0.2) is 0 Å². The van der Waals surface area contributed by atoms with Gasteiger partial charge in [0.05, 0.1) is 0 Å². The van der Waals surface area contributed by atoms with Crippen LogP contribution in [0.1, 0.15) is 11.1 Å². The van der Waals surface area contributed by atoms with Gasteiger partial charge in [-0.15, -0.1) is 0 Å². The van der Waals surface area contributed by atoms with Crippen LogP contribution in [0, 0.1) is 0 Å². The number of rotatable bonds is 2. The van der Waals surface area contributed by atoms with Crippen LogP contribution in [0.4, 0.5) is 0 Å². The molecule has 2 N–H and O–H groups in total. The van der Waals surface area contributed by atoms with Crippen LogP contribution in [0.2, 0.25) is 0 Å². The molecule has 14 heavy (non-hydrogen) atoms. The minimum Gasteiger partial charge on any atom is -0.401 e. The molecule has 0 aromatic heterocycles. The third-order valence-corrected chi connectivity index (χ3v) is 2.43. The molecule has 70 valence electrons. The van der Waals surface area contributed by atoms with Gasteiger partial charge in [-0.3, -0.25) is 0 Å². The van der Waals surface area contributed by atoms with E-state index in [1.807, 2.05) is 24.3 Å². The maximum absolute atomic E-state index is 5.96. The molecule has 1 aromatic carbocycles. The van der Waals surface area contributed by atoms with Crippen LogP contribution in [0.25, 0.3) is 5.57 Å². The fraction of sp³-hybridized carbons (Fsp3) is 0.0769. The van der Waals surface area contributed by atoms with Crippen LogP contribution in [0.3, 0.4) is 0 Å². The number of hydrogen-bond acceptors (Lipinski definition) is 1. The lowest BCUT2D eigenvalue weighted by atomic mass is 10.1. The lowest BCUT2D eigenvalue weighted by Crippen LogP contribution is -1.96. The van der Waals surface area contributed by atoms with Crippen LogP contribution < -0.4 is 5.73 Å². The second-order valence-electron chi connectivity index (χ2n) is 3.37. The van der Waals surface area contributed by atoms with Gasteiger partial charge in [0.15, 0.2) is 0 Å². The fourth-order valence-electron chi connectivity index (χ4n) is 1.77. The smallest absolute Gasteiger partial charge is 0.0205 e. The Morgan fingerprint density at radius 3 is 2.86 bits per heavy atom. The molecule has 2 rings (SSSR count). The zero-order valence-electron chi connectivity index (χ0n) is 8.03. The van der Waals surface area contributed by atoms with Crippen molar-refractivity contribution in [2.24, 2.45) is 5.73 Å². The Balaban J connectivity index is 2.45. The van der Waals surface area contributed by atoms with Gasteiger partial charge in [-0.2, -0.15) is 0 Å². The summed E-state index contributed by atoms with van der Waals surface area (Å²) in [4.78, 5) is 0. The van der Waals surface area contributed by atoms with E-state index in [-0.39, 0.29) is 0 Å². The number of benzene rings is 1. The highest BCUT2D eigenvalue weighted by Gasteiger charge is 2.16. The molecule has 1 nitrogen and oxygen atoms in total. The third-order valence-electron chi connectivity index (χ3n) is 2.43. The number of hydrogen-bond donors (Lipinski definition) is 1. The molecule has 0 aliphatic heterocycles. The summed E-state index contributed by atoms with van der Waals surface area (Å²) < 4.78 is 0. The Kier molecular flexibility index (Phi) is 2.23. The predicted molar refractivity (Wildman–Crippen MR) is 60.6 cm³/mol. The number of fused-ring (bicyclic) bond motifs is 1. The average molecular weight is 183 g/mol. The van der Waals surface area contributed by atoms with E-state index < -0.39 is 0 Å². The highest BCUT2D eigenvalue weighted by Crippen LogP contribution is 2.30. The van der Waals surface area contributed by atoms with Crippen molar-refractivity contribution in [2.45, 2.75) is 6.42 Å². The molecule has 0 atom stereocenters. The summed E-state index contributed by atoms with van der Waals surface area (Å²) in [7, 11) is 0. The van der Waals surface area contributed by atoms with Gasteiger partial charge in [0.25, 0.3) is 0 Å². The van der Waals surface area contributed by atoms with E-state index in [9.17, 15) is 0 Å². The van der Waals surface area contributed by atoms with Gasteiger partial charge in [0.1, 0.15) is 0 Å². The molecule has 0 saturated heterocycles. The Morgan fingerprint density at radius 1 is 1.29 bits per heavy atom. The largest absolute Gasteiger partial charge is 0.401 e. The summed E-state index contributed by atoms with van der Waals surface area (Å²) in [5.41, 5.74) is 10.6. The number of nitrogens with two attached hydrogens (primary N) is 1. The Morgan fingerprint density at radius 2 is 2.07 bits per heavy atom. The molecular weight excluding hydrogens is 170 g/mol. The molecule has 0 heterocycles. The first-order valence-corrected chi connectivity index (χ1v) is 4.69. The van der Waals surface area contributed by atoms with Crippen molar-refractivity contribution in [1.82, 2.24) is 0 Å². The molecule has 1 aliphatic rings. The monoisotopic (exact) mass is 183 g/mol. The van der Waals surface area contributed by atoms with Crippen molar-refractivity contribution in [2.75, 3.05) is 0 Å². The fourth-order valence-corrected chi connectivity index (χ4v) is 1.77. The minimum absolute atomic E-state index is 0.868. The normalized spacial score (nSPS) is 14.9. The summed E-state index contributed by atoms with van der Waals surface area (Å²) in [6.07, 6.45) is 6.58. The second kappa shape index (κ2) is 3.54. The van der Waals surface area contributed by atoms with E-state index in [0.29, 0.717) is 0 Å². The van der Waals surface area contributed by atoms with E-state index in [0.717, 1.165) is 17.7 Å². The summed E-state index contributed by atoms with van der Waals surface area (Å²) >= 11 is 0. The van der Waals surface area contributed by atoms with E-state index in [1.54, 1.807) is 6.08 Å². The third kappa shape index (κ3) is 1.37. The predicted octanol–water partition coefficient (Wildman–Crippen LogP) is 2.65. The summed E-state index contributed by atoms with van der Waals surface area (Å²) in [6.45, 7) is 3.65. The Hall–Kier alpha value is -1.76. The van der Waals surface area contributed by atoms with Crippen molar-refractivity contribution in [1.29, 1.82) is 0 Å². The topological polar surface area (TPSA) is 26.0 Å². The molecule has 0 fully saturated rings.